The highest BCUT2D eigenvalue weighted by atomic mass is 19.1. The van der Waals surface area contributed by atoms with Crippen molar-refractivity contribution < 1.29 is 33.0 Å². The van der Waals surface area contributed by atoms with Gasteiger partial charge in [0.1, 0.15) is 12.6 Å². The van der Waals surface area contributed by atoms with Gasteiger partial charge in [0.25, 0.3) is 5.91 Å². The fraction of sp³-hybridized carbons (Fsp3) is 0.360. The van der Waals surface area contributed by atoms with Crippen LogP contribution < -0.4 is 10.6 Å². The molecule has 2 aromatic rings. The zero-order valence-corrected chi connectivity index (χ0v) is 18.8. The van der Waals surface area contributed by atoms with Crippen LogP contribution in [-0.2, 0) is 44.4 Å². The highest BCUT2D eigenvalue weighted by Gasteiger charge is 2.41. The molecule has 10 heteroatoms. The van der Waals surface area contributed by atoms with Crippen LogP contribution in [0.2, 0.25) is 0 Å². The Morgan fingerprint density at radius 2 is 1.89 bits per heavy atom. The van der Waals surface area contributed by atoms with Gasteiger partial charge in [-0.2, -0.15) is 0 Å². The van der Waals surface area contributed by atoms with Crippen molar-refractivity contribution in [2.24, 2.45) is 0 Å². The van der Waals surface area contributed by atoms with Crippen LogP contribution in [0.1, 0.15) is 45.5 Å². The predicted molar refractivity (Wildman–Crippen MR) is 120 cm³/mol. The Kier molecular flexibility index (Phi) is 5.98. The summed E-state index contributed by atoms with van der Waals surface area (Å²) in [5.41, 5.74) is 1.80. The molecule has 2 N–H and O–H groups in total. The second kappa shape index (κ2) is 9.10. The van der Waals surface area contributed by atoms with Crippen molar-refractivity contribution in [2.75, 3.05) is 13.2 Å². The lowest BCUT2D eigenvalue weighted by Crippen LogP contribution is -2.52. The summed E-state index contributed by atoms with van der Waals surface area (Å²) in [5.74, 6) is -1.06. The standard InChI is InChI=1S/C25H24FN3O6/c26-25(13-34-14-25)18-5-2-15(3-6-18)12-35-24(33)27-10-16-1-4-17-11-29(23(32)19(17)9-16)20-7-8-21(30)28-22(20)31/h1-6,9,20H,7-8,10-14H2,(H,27,33)(H,28,30,31). The molecule has 4 amide bonds. The predicted octanol–water partition coefficient (Wildman–Crippen LogP) is 2.07. The molecule has 35 heavy (non-hydrogen) atoms. The maximum Gasteiger partial charge on any atom is 0.407 e. The minimum absolute atomic E-state index is 0.0332. The summed E-state index contributed by atoms with van der Waals surface area (Å²) in [7, 11) is 0. The Hall–Kier alpha value is -3.79. The van der Waals surface area contributed by atoms with Crippen molar-refractivity contribution in [3.63, 3.8) is 0 Å². The van der Waals surface area contributed by atoms with Crippen LogP contribution >= 0.6 is 0 Å². The second-order valence-electron chi connectivity index (χ2n) is 8.98. The smallest absolute Gasteiger partial charge is 0.407 e. The molecule has 3 aliphatic heterocycles. The zero-order chi connectivity index (χ0) is 24.6. The fourth-order valence-electron chi connectivity index (χ4n) is 4.43. The third-order valence-corrected chi connectivity index (χ3v) is 6.53. The number of rotatable bonds is 6. The van der Waals surface area contributed by atoms with Crippen LogP contribution in [-0.4, -0.2) is 48.0 Å². The monoisotopic (exact) mass is 481 g/mol. The molecule has 5 rings (SSSR count). The topological polar surface area (TPSA) is 114 Å². The molecule has 1 atom stereocenters. The number of imide groups is 1. The van der Waals surface area contributed by atoms with Crippen molar-refractivity contribution in [3.05, 3.63) is 70.3 Å². The minimum Gasteiger partial charge on any atom is -0.445 e. The highest BCUT2D eigenvalue weighted by Crippen LogP contribution is 2.34. The van der Waals surface area contributed by atoms with Gasteiger partial charge in [-0.15, -0.1) is 0 Å². The molecular weight excluding hydrogens is 457 g/mol. The molecule has 3 heterocycles. The number of carbonyl (C=O) groups is 4. The van der Waals surface area contributed by atoms with Crippen molar-refractivity contribution in [1.82, 2.24) is 15.5 Å². The maximum atomic E-state index is 14.3. The second-order valence-corrected chi connectivity index (χ2v) is 8.98. The van der Waals surface area contributed by atoms with Crippen molar-refractivity contribution in [3.8, 4) is 0 Å². The molecule has 1 unspecified atom stereocenters. The van der Waals surface area contributed by atoms with Crippen LogP contribution in [0.15, 0.2) is 42.5 Å². The molecule has 2 saturated heterocycles. The number of hydrogen-bond acceptors (Lipinski definition) is 6. The summed E-state index contributed by atoms with van der Waals surface area (Å²) in [6.45, 7) is 0.584. The Morgan fingerprint density at radius 3 is 2.57 bits per heavy atom. The van der Waals surface area contributed by atoms with Gasteiger partial charge in [-0.1, -0.05) is 36.4 Å². The third-order valence-electron chi connectivity index (χ3n) is 6.53. The first-order chi connectivity index (χ1) is 16.8. The number of ether oxygens (including phenoxy) is 2. The van der Waals surface area contributed by atoms with E-state index in [-0.39, 0.29) is 44.6 Å². The lowest BCUT2D eigenvalue weighted by Gasteiger charge is -2.34. The number of piperidine rings is 1. The van der Waals surface area contributed by atoms with Gasteiger partial charge in [0.15, 0.2) is 5.67 Å². The first kappa shape index (κ1) is 23.0. The Morgan fingerprint density at radius 1 is 1.14 bits per heavy atom. The van der Waals surface area contributed by atoms with Gasteiger partial charge in [0.2, 0.25) is 11.8 Å². The van der Waals surface area contributed by atoms with E-state index in [0.29, 0.717) is 29.7 Å². The summed E-state index contributed by atoms with van der Waals surface area (Å²) in [6, 6.07) is 11.4. The number of alkyl halides is 1. The summed E-state index contributed by atoms with van der Waals surface area (Å²) >= 11 is 0. The zero-order valence-electron chi connectivity index (χ0n) is 18.8. The van der Waals surface area contributed by atoms with Gasteiger partial charge in [0, 0.05) is 25.1 Å². The van der Waals surface area contributed by atoms with Crippen molar-refractivity contribution >= 4 is 23.8 Å². The number of nitrogens with zero attached hydrogens (tertiary/aromatic N) is 1. The van der Waals surface area contributed by atoms with Crippen molar-refractivity contribution in [2.45, 2.75) is 44.2 Å². The molecule has 0 aliphatic carbocycles. The van der Waals surface area contributed by atoms with E-state index in [2.05, 4.69) is 10.6 Å². The van der Waals surface area contributed by atoms with E-state index < -0.39 is 23.7 Å². The SMILES string of the molecule is O=C1CCC(N2Cc3ccc(CNC(=O)OCc4ccc(C5(F)COC5)cc4)cc3C2=O)C(=O)N1. The van der Waals surface area contributed by atoms with Crippen LogP contribution in [0.3, 0.4) is 0 Å². The van der Waals surface area contributed by atoms with Crippen LogP contribution in [0, 0.1) is 0 Å². The van der Waals surface area contributed by atoms with E-state index in [9.17, 15) is 23.6 Å². The van der Waals surface area contributed by atoms with Gasteiger partial charge < -0.3 is 19.7 Å². The molecule has 182 valence electrons. The molecule has 0 aromatic heterocycles. The summed E-state index contributed by atoms with van der Waals surface area (Å²) in [5, 5.41) is 4.93. The van der Waals surface area contributed by atoms with Gasteiger partial charge in [-0.25, -0.2) is 9.18 Å². The number of amides is 4. The van der Waals surface area contributed by atoms with E-state index in [1.54, 1.807) is 42.5 Å². The molecule has 3 aliphatic rings. The van der Waals surface area contributed by atoms with Gasteiger partial charge in [-0.3, -0.25) is 19.7 Å². The van der Waals surface area contributed by atoms with Crippen molar-refractivity contribution in [1.29, 1.82) is 0 Å². The average molecular weight is 481 g/mol. The number of alkyl carbamates (subject to hydrolysis) is 1. The van der Waals surface area contributed by atoms with E-state index in [1.165, 1.54) is 4.90 Å². The summed E-state index contributed by atoms with van der Waals surface area (Å²) in [6.07, 6.45) is -0.125. The van der Waals surface area contributed by atoms with Crippen LogP contribution in [0.5, 0.6) is 0 Å². The van der Waals surface area contributed by atoms with E-state index in [4.69, 9.17) is 9.47 Å². The molecule has 0 spiro atoms. The van der Waals surface area contributed by atoms with Gasteiger partial charge >= 0.3 is 6.09 Å². The number of fused-ring (bicyclic) bond motifs is 1. The fourth-order valence-corrected chi connectivity index (χ4v) is 4.43. The maximum absolute atomic E-state index is 14.3. The molecule has 0 radical (unpaired) electrons. The molecule has 0 saturated carbocycles. The number of carbonyl (C=O) groups excluding carboxylic acids is 4. The van der Waals surface area contributed by atoms with E-state index >= 15 is 0 Å². The number of hydrogen-bond donors (Lipinski definition) is 2. The van der Waals surface area contributed by atoms with E-state index in [0.717, 1.165) is 11.1 Å². The highest BCUT2D eigenvalue weighted by molar-refractivity contribution is 6.05. The number of nitrogens with one attached hydrogen (secondary N) is 2. The number of halogens is 1. The average Bonchev–Trinajstić information content (AvgIpc) is 3.16. The van der Waals surface area contributed by atoms with E-state index in [1.807, 2.05) is 0 Å². The first-order valence-corrected chi connectivity index (χ1v) is 11.4. The lowest BCUT2D eigenvalue weighted by molar-refractivity contribution is -0.136. The summed E-state index contributed by atoms with van der Waals surface area (Å²) < 4.78 is 24.5. The number of benzene rings is 2. The van der Waals surface area contributed by atoms with Gasteiger partial charge in [0.05, 0.1) is 13.2 Å². The molecule has 9 nitrogen and oxygen atoms in total. The molecule has 2 fully saturated rings. The minimum atomic E-state index is -1.44. The first-order valence-electron chi connectivity index (χ1n) is 11.4. The molecule has 2 aromatic carbocycles. The largest absolute Gasteiger partial charge is 0.445 e. The Labute approximate surface area is 200 Å². The molecular formula is C25H24FN3O6. The third kappa shape index (κ3) is 4.61. The Balaban J connectivity index is 1.13. The van der Waals surface area contributed by atoms with Gasteiger partial charge in [-0.05, 0) is 34.7 Å². The van der Waals surface area contributed by atoms with Crippen LogP contribution in [0.4, 0.5) is 9.18 Å². The molecule has 0 bridgehead atoms. The lowest BCUT2D eigenvalue weighted by atomic mass is 9.93. The summed E-state index contributed by atoms with van der Waals surface area (Å²) in [4.78, 5) is 50.1. The Bertz CT molecular complexity index is 1190. The quantitative estimate of drug-likeness (QED) is 0.611. The van der Waals surface area contributed by atoms with Crippen LogP contribution in [0.25, 0.3) is 0 Å². The normalized spacial score (nSPS) is 20.7.